The highest BCUT2D eigenvalue weighted by molar-refractivity contribution is 7.52. The monoisotopic (exact) mass is 259 g/mol. The topological polar surface area (TPSA) is 104 Å². The smallest absolute Gasteiger partial charge is 0.336 e. The molecule has 1 rings (SSSR count). The summed E-state index contributed by atoms with van der Waals surface area (Å²) in [5, 5.41) is 9.38. The first-order valence-electron chi connectivity index (χ1n) is 5.44. The van der Waals surface area contributed by atoms with Gasteiger partial charge in [0.2, 0.25) is 0 Å². The van der Waals surface area contributed by atoms with Gasteiger partial charge in [0.1, 0.15) is 11.9 Å². The molecule has 1 aromatic carbocycles. The summed E-state index contributed by atoms with van der Waals surface area (Å²) in [6.07, 6.45) is -0.0286. The van der Waals surface area contributed by atoms with Crippen LogP contribution in [-0.2, 0) is 11.0 Å². The van der Waals surface area contributed by atoms with Crippen LogP contribution in [0.4, 0.5) is 0 Å². The molecule has 17 heavy (non-hydrogen) atoms. The predicted molar refractivity (Wildman–Crippen MR) is 65.4 cm³/mol. The third-order valence-corrected chi connectivity index (χ3v) is 3.89. The van der Waals surface area contributed by atoms with Gasteiger partial charge in [0, 0.05) is 0 Å². The lowest BCUT2D eigenvalue weighted by molar-refractivity contribution is 0.163. The largest absolute Gasteiger partial charge is 0.377 e. The quantitative estimate of drug-likeness (QED) is 0.469. The number of hydrogen-bond acceptors (Lipinski definition) is 3. The van der Waals surface area contributed by atoms with Gasteiger partial charge in [-0.2, -0.15) is 0 Å². The fourth-order valence-corrected chi connectivity index (χ4v) is 2.90. The minimum Gasteiger partial charge on any atom is -0.377 e. The van der Waals surface area contributed by atoms with Crippen LogP contribution in [0.2, 0.25) is 0 Å². The maximum absolute atomic E-state index is 11.4. The minimum absolute atomic E-state index is 0.428. The molecule has 1 aromatic rings. The summed E-state index contributed by atoms with van der Waals surface area (Å²) in [5.74, 6) is 0. The first-order valence-corrected chi connectivity index (χ1v) is 7.12. The molecule has 0 fully saturated rings. The summed E-state index contributed by atoms with van der Waals surface area (Å²) in [6.45, 7) is 1.97. The molecule has 0 bridgehead atoms. The Bertz CT molecular complexity index is 416. The van der Waals surface area contributed by atoms with Gasteiger partial charge in [-0.25, -0.2) is 0 Å². The predicted octanol–water partition coefficient (Wildman–Crippen LogP) is 1.13. The summed E-state index contributed by atoms with van der Waals surface area (Å²) in [7, 11) is -4.48. The normalized spacial score (nSPS) is 15.6. The van der Waals surface area contributed by atoms with E-state index in [0.29, 0.717) is 12.0 Å². The second-order valence-electron chi connectivity index (χ2n) is 3.97. The SMILES string of the molecule is CCCc1ccccc1C(C(N)O)P(=O)(O)O. The van der Waals surface area contributed by atoms with Gasteiger partial charge in [-0.15, -0.1) is 0 Å². The van der Waals surface area contributed by atoms with Crippen LogP contribution >= 0.6 is 7.60 Å². The molecule has 0 aliphatic rings. The van der Waals surface area contributed by atoms with Crippen molar-refractivity contribution < 1.29 is 19.5 Å². The van der Waals surface area contributed by atoms with Gasteiger partial charge < -0.3 is 20.6 Å². The van der Waals surface area contributed by atoms with E-state index in [2.05, 4.69) is 0 Å². The molecule has 0 aromatic heterocycles. The van der Waals surface area contributed by atoms with E-state index in [9.17, 15) is 19.5 Å². The molecule has 96 valence electrons. The molecule has 0 saturated heterocycles. The zero-order chi connectivity index (χ0) is 13.1. The van der Waals surface area contributed by atoms with Crippen LogP contribution < -0.4 is 5.73 Å². The van der Waals surface area contributed by atoms with E-state index >= 15 is 0 Å². The zero-order valence-electron chi connectivity index (χ0n) is 9.65. The van der Waals surface area contributed by atoms with Crippen molar-refractivity contribution in [2.24, 2.45) is 5.73 Å². The summed E-state index contributed by atoms with van der Waals surface area (Å²) < 4.78 is 11.4. The Morgan fingerprint density at radius 2 is 1.94 bits per heavy atom. The van der Waals surface area contributed by atoms with Crippen molar-refractivity contribution in [2.75, 3.05) is 0 Å². The summed E-state index contributed by atoms with van der Waals surface area (Å²) in [5.41, 5.74) is 5.17. The number of aliphatic hydroxyl groups is 1. The Kier molecular flexibility index (Phi) is 4.86. The van der Waals surface area contributed by atoms with Crippen LogP contribution in [0.3, 0.4) is 0 Å². The standard InChI is InChI=1S/C11H18NO4P/c1-2-5-8-6-3-4-7-9(8)10(11(12)13)17(14,15)16/h3-4,6-7,10-11,13H,2,5,12H2,1H3,(H2,14,15,16). The van der Waals surface area contributed by atoms with Gasteiger partial charge in [-0.1, -0.05) is 37.6 Å². The van der Waals surface area contributed by atoms with E-state index in [1.165, 1.54) is 0 Å². The average molecular weight is 259 g/mol. The van der Waals surface area contributed by atoms with Crippen molar-refractivity contribution in [1.29, 1.82) is 0 Å². The Morgan fingerprint density at radius 1 is 1.35 bits per heavy atom. The molecule has 5 N–H and O–H groups in total. The number of aryl methyl sites for hydroxylation is 1. The van der Waals surface area contributed by atoms with Crippen LogP contribution in [0.1, 0.15) is 30.1 Å². The molecule has 2 unspecified atom stereocenters. The van der Waals surface area contributed by atoms with Gasteiger partial charge >= 0.3 is 7.60 Å². The fraction of sp³-hybridized carbons (Fsp3) is 0.455. The molecule has 0 aliphatic heterocycles. The number of hydrogen-bond donors (Lipinski definition) is 4. The lowest BCUT2D eigenvalue weighted by atomic mass is 10.00. The highest BCUT2D eigenvalue weighted by Gasteiger charge is 2.36. The molecule has 0 heterocycles. The van der Waals surface area contributed by atoms with E-state index in [1.54, 1.807) is 24.3 Å². The Labute approximate surface area is 100 Å². The van der Waals surface area contributed by atoms with Crippen LogP contribution in [0, 0.1) is 0 Å². The molecule has 0 saturated carbocycles. The van der Waals surface area contributed by atoms with Crippen molar-refractivity contribution in [3.8, 4) is 0 Å². The molecule has 5 nitrogen and oxygen atoms in total. The molecule has 0 aliphatic carbocycles. The van der Waals surface area contributed by atoms with Crippen molar-refractivity contribution in [3.05, 3.63) is 35.4 Å². The van der Waals surface area contributed by atoms with Crippen LogP contribution in [0.15, 0.2) is 24.3 Å². The molecule has 0 spiro atoms. The lowest BCUT2D eigenvalue weighted by Crippen LogP contribution is -2.28. The number of nitrogens with two attached hydrogens (primary N) is 1. The van der Waals surface area contributed by atoms with E-state index in [-0.39, 0.29) is 0 Å². The van der Waals surface area contributed by atoms with Crippen molar-refractivity contribution >= 4 is 7.60 Å². The van der Waals surface area contributed by atoms with Crippen molar-refractivity contribution in [1.82, 2.24) is 0 Å². The van der Waals surface area contributed by atoms with Gasteiger partial charge in [0.15, 0.2) is 0 Å². The number of rotatable bonds is 5. The molecule has 0 amide bonds. The second kappa shape index (κ2) is 5.76. The first kappa shape index (κ1) is 14.4. The van der Waals surface area contributed by atoms with Gasteiger partial charge in [-0.05, 0) is 17.5 Å². The Hall–Kier alpha value is -0.710. The minimum atomic E-state index is -4.48. The van der Waals surface area contributed by atoms with E-state index < -0.39 is 19.5 Å². The van der Waals surface area contributed by atoms with Gasteiger partial charge in [-0.3, -0.25) is 4.57 Å². The van der Waals surface area contributed by atoms with Crippen molar-refractivity contribution in [2.45, 2.75) is 31.7 Å². The third kappa shape index (κ3) is 3.63. The molecule has 6 heteroatoms. The zero-order valence-corrected chi connectivity index (χ0v) is 10.5. The van der Waals surface area contributed by atoms with Crippen molar-refractivity contribution in [3.63, 3.8) is 0 Å². The highest BCUT2D eigenvalue weighted by Crippen LogP contribution is 2.53. The maximum Gasteiger partial charge on any atom is 0.336 e. The Morgan fingerprint density at radius 3 is 2.41 bits per heavy atom. The highest BCUT2D eigenvalue weighted by atomic mass is 31.2. The molecular weight excluding hydrogens is 241 g/mol. The number of benzene rings is 1. The second-order valence-corrected chi connectivity index (χ2v) is 5.71. The van der Waals surface area contributed by atoms with Crippen LogP contribution in [0.5, 0.6) is 0 Å². The molecular formula is C11H18NO4P. The Balaban J connectivity index is 3.23. The third-order valence-electron chi connectivity index (χ3n) is 2.58. The van der Waals surface area contributed by atoms with Gasteiger partial charge in [0.05, 0.1) is 0 Å². The molecule has 2 atom stereocenters. The number of aliphatic hydroxyl groups excluding tert-OH is 1. The van der Waals surface area contributed by atoms with E-state index in [0.717, 1.165) is 12.0 Å². The van der Waals surface area contributed by atoms with Gasteiger partial charge in [0.25, 0.3) is 0 Å². The maximum atomic E-state index is 11.4. The lowest BCUT2D eigenvalue weighted by Gasteiger charge is -2.23. The average Bonchev–Trinajstić information content (AvgIpc) is 2.18. The molecule has 0 radical (unpaired) electrons. The van der Waals surface area contributed by atoms with Crippen LogP contribution in [-0.4, -0.2) is 21.1 Å². The first-order chi connectivity index (χ1) is 7.88. The van der Waals surface area contributed by atoms with Crippen LogP contribution in [0.25, 0.3) is 0 Å². The summed E-state index contributed by atoms with van der Waals surface area (Å²) in [6, 6.07) is 6.88. The van der Waals surface area contributed by atoms with E-state index in [1.807, 2.05) is 6.92 Å². The summed E-state index contributed by atoms with van der Waals surface area (Å²) in [4.78, 5) is 18.5. The van der Waals surface area contributed by atoms with E-state index in [4.69, 9.17) is 5.73 Å². The summed E-state index contributed by atoms with van der Waals surface area (Å²) >= 11 is 0. The fourth-order valence-electron chi connectivity index (χ4n) is 1.88.